The number of sulfone groups is 1. The highest BCUT2D eigenvalue weighted by molar-refractivity contribution is 7.90. The van der Waals surface area contributed by atoms with Crippen LogP contribution in [-0.2, 0) is 19.4 Å². The van der Waals surface area contributed by atoms with Crippen LogP contribution in [0.5, 0.6) is 0 Å². The van der Waals surface area contributed by atoms with E-state index in [0.717, 1.165) is 12.7 Å². The summed E-state index contributed by atoms with van der Waals surface area (Å²) in [5.74, 6) is -0.400. The van der Waals surface area contributed by atoms with Gasteiger partial charge in [-0.1, -0.05) is 0 Å². The van der Waals surface area contributed by atoms with E-state index in [4.69, 9.17) is 10.5 Å². The van der Waals surface area contributed by atoms with E-state index in [1.165, 1.54) is 0 Å². The summed E-state index contributed by atoms with van der Waals surface area (Å²) in [6.07, 6.45) is 1.93. The minimum Gasteiger partial charge on any atom is -0.376 e. The molecule has 1 rings (SSSR count). The molecule has 0 aromatic rings. The van der Waals surface area contributed by atoms with Crippen LogP contribution >= 0.6 is 0 Å². The van der Waals surface area contributed by atoms with E-state index in [1.807, 2.05) is 13.8 Å². The molecule has 7 heteroatoms. The van der Waals surface area contributed by atoms with Gasteiger partial charge in [0.25, 0.3) is 0 Å². The van der Waals surface area contributed by atoms with Crippen LogP contribution in [0, 0.1) is 0 Å². The lowest BCUT2D eigenvalue weighted by Gasteiger charge is -2.30. The van der Waals surface area contributed by atoms with Crippen molar-refractivity contribution in [1.29, 1.82) is 0 Å². The summed E-state index contributed by atoms with van der Waals surface area (Å²) in [6.45, 7) is 4.41. The van der Waals surface area contributed by atoms with Crippen molar-refractivity contribution < 1.29 is 17.9 Å². The lowest BCUT2D eigenvalue weighted by molar-refractivity contribution is -0.124. The second-order valence-corrected chi connectivity index (χ2v) is 7.45. The van der Waals surface area contributed by atoms with Gasteiger partial charge in [-0.05, 0) is 26.7 Å². The maximum atomic E-state index is 11.9. The largest absolute Gasteiger partial charge is 0.376 e. The van der Waals surface area contributed by atoms with Crippen LogP contribution in [0.25, 0.3) is 0 Å². The molecule has 3 atom stereocenters. The van der Waals surface area contributed by atoms with Gasteiger partial charge in [0.1, 0.15) is 9.84 Å². The number of nitrogens with two attached hydrogens (primary N) is 1. The van der Waals surface area contributed by atoms with Gasteiger partial charge in [0, 0.05) is 12.9 Å². The third-order valence-electron chi connectivity index (χ3n) is 3.43. The topological polar surface area (TPSA) is 98.5 Å². The van der Waals surface area contributed by atoms with Gasteiger partial charge in [0.2, 0.25) is 5.91 Å². The Morgan fingerprint density at radius 3 is 2.67 bits per heavy atom. The molecule has 1 amide bonds. The first kappa shape index (κ1) is 15.4. The van der Waals surface area contributed by atoms with Crippen molar-refractivity contribution >= 4 is 15.7 Å². The van der Waals surface area contributed by atoms with E-state index >= 15 is 0 Å². The Labute approximate surface area is 108 Å². The van der Waals surface area contributed by atoms with Crippen LogP contribution in [0.1, 0.15) is 26.7 Å². The second-order valence-electron chi connectivity index (χ2n) is 5.19. The molecule has 0 aromatic carbocycles. The summed E-state index contributed by atoms with van der Waals surface area (Å²) in [4.78, 5) is 11.9. The highest BCUT2D eigenvalue weighted by atomic mass is 32.2. The zero-order valence-electron chi connectivity index (χ0n) is 11.1. The standard InChI is InChI=1S/C11H22N2O4S/c1-8-11(2,5-6-17-8)13-10(14)9(12)4-7-18(3,15)16/h8-9H,4-7,12H2,1-3H3,(H,13,14). The molecule has 18 heavy (non-hydrogen) atoms. The molecule has 0 aliphatic carbocycles. The smallest absolute Gasteiger partial charge is 0.237 e. The first-order valence-corrected chi connectivity index (χ1v) is 8.07. The van der Waals surface area contributed by atoms with Crippen molar-refractivity contribution in [2.45, 2.75) is 44.4 Å². The first-order valence-electron chi connectivity index (χ1n) is 6.01. The molecule has 1 saturated heterocycles. The lowest BCUT2D eigenvalue weighted by Crippen LogP contribution is -2.55. The quantitative estimate of drug-likeness (QED) is 0.702. The van der Waals surface area contributed by atoms with Crippen LogP contribution in [0.2, 0.25) is 0 Å². The number of hydrogen-bond acceptors (Lipinski definition) is 5. The van der Waals surface area contributed by atoms with Gasteiger partial charge >= 0.3 is 0 Å². The molecule has 1 aliphatic heterocycles. The monoisotopic (exact) mass is 278 g/mol. The van der Waals surface area contributed by atoms with Crippen molar-refractivity contribution in [3.8, 4) is 0 Å². The third-order valence-corrected chi connectivity index (χ3v) is 4.41. The summed E-state index contributed by atoms with van der Waals surface area (Å²) < 4.78 is 27.4. The Morgan fingerprint density at radius 2 is 2.22 bits per heavy atom. The Hall–Kier alpha value is -0.660. The van der Waals surface area contributed by atoms with Crippen LogP contribution in [0.15, 0.2) is 0 Å². The third kappa shape index (κ3) is 4.22. The Balaban J connectivity index is 2.50. The van der Waals surface area contributed by atoms with Gasteiger partial charge in [0.05, 0.1) is 23.4 Å². The zero-order valence-corrected chi connectivity index (χ0v) is 11.9. The molecule has 1 heterocycles. The van der Waals surface area contributed by atoms with E-state index in [9.17, 15) is 13.2 Å². The van der Waals surface area contributed by atoms with Crippen molar-refractivity contribution in [2.75, 3.05) is 18.6 Å². The molecular formula is C11H22N2O4S. The number of amides is 1. The normalized spacial score (nSPS) is 30.1. The highest BCUT2D eigenvalue weighted by Gasteiger charge is 2.39. The van der Waals surface area contributed by atoms with Crippen LogP contribution in [-0.4, -0.2) is 50.6 Å². The number of carbonyl (C=O) groups excluding carboxylic acids is 1. The van der Waals surface area contributed by atoms with Crippen LogP contribution < -0.4 is 11.1 Å². The summed E-state index contributed by atoms with van der Waals surface area (Å²) in [5.41, 5.74) is 5.27. The molecule has 1 aliphatic rings. The number of hydrogen-bond donors (Lipinski definition) is 2. The molecule has 0 saturated carbocycles. The van der Waals surface area contributed by atoms with E-state index in [-0.39, 0.29) is 24.2 Å². The van der Waals surface area contributed by atoms with E-state index < -0.39 is 21.4 Å². The summed E-state index contributed by atoms with van der Waals surface area (Å²) in [5, 5.41) is 2.86. The molecule has 6 nitrogen and oxygen atoms in total. The zero-order chi connectivity index (χ0) is 14.0. The summed E-state index contributed by atoms with van der Waals surface area (Å²) >= 11 is 0. The fourth-order valence-electron chi connectivity index (χ4n) is 1.85. The highest BCUT2D eigenvalue weighted by Crippen LogP contribution is 2.25. The van der Waals surface area contributed by atoms with E-state index in [1.54, 1.807) is 0 Å². The average Bonchev–Trinajstić information content (AvgIpc) is 2.54. The Bertz CT molecular complexity index is 409. The minimum atomic E-state index is -3.09. The van der Waals surface area contributed by atoms with Gasteiger partial charge in [-0.2, -0.15) is 0 Å². The van der Waals surface area contributed by atoms with E-state index in [0.29, 0.717) is 6.61 Å². The van der Waals surface area contributed by atoms with Gasteiger partial charge in [0.15, 0.2) is 0 Å². The van der Waals surface area contributed by atoms with Crippen LogP contribution in [0.3, 0.4) is 0 Å². The number of ether oxygens (including phenoxy) is 1. The van der Waals surface area contributed by atoms with Crippen molar-refractivity contribution in [1.82, 2.24) is 5.32 Å². The fourth-order valence-corrected chi connectivity index (χ4v) is 2.53. The molecule has 0 aromatic heterocycles. The van der Waals surface area contributed by atoms with Crippen LogP contribution in [0.4, 0.5) is 0 Å². The molecule has 3 unspecified atom stereocenters. The first-order chi connectivity index (χ1) is 8.14. The molecule has 0 spiro atoms. The minimum absolute atomic E-state index is 0.0662. The lowest BCUT2D eigenvalue weighted by atomic mass is 9.94. The van der Waals surface area contributed by atoms with Crippen molar-refractivity contribution in [3.63, 3.8) is 0 Å². The Kier molecular flexibility index (Phi) is 4.74. The van der Waals surface area contributed by atoms with Gasteiger partial charge in [-0.15, -0.1) is 0 Å². The Morgan fingerprint density at radius 1 is 1.61 bits per heavy atom. The van der Waals surface area contributed by atoms with Crippen molar-refractivity contribution in [2.24, 2.45) is 5.73 Å². The van der Waals surface area contributed by atoms with Gasteiger partial charge in [-0.3, -0.25) is 4.79 Å². The van der Waals surface area contributed by atoms with Crippen molar-refractivity contribution in [3.05, 3.63) is 0 Å². The molecule has 0 bridgehead atoms. The average molecular weight is 278 g/mol. The maximum absolute atomic E-state index is 11.9. The predicted octanol–water partition coefficient (Wildman–Crippen LogP) is -0.568. The number of carbonyl (C=O) groups is 1. The SMILES string of the molecule is CC1OCCC1(C)NC(=O)C(N)CCS(C)(=O)=O. The number of rotatable bonds is 5. The molecule has 0 radical (unpaired) electrons. The maximum Gasteiger partial charge on any atom is 0.237 e. The summed E-state index contributed by atoms with van der Waals surface area (Å²) in [7, 11) is -3.09. The number of nitrogens with one attached hydrogen (secondary N) is 1. The second kappa shape index (κ2) is 5.54. The molecular weight excluding hydrogens is 256 g/mol. The molecule has 106 valence electrons. The van der Waals surface area contributed by atoms with E-state index in [2.05, 4.69) is 5.32 Å². The molecule has 3 N–H and O–H groups in total. The molecule has 1 fully saturated rings. The van der Waals surface area contributed by atoms with Gasteiger partial charge in [-0.25, -0.2) is 8.42 Å². The summed E-state index contributed by atoms with van der Waals surface area (Å²) in [6, 6.07) is -0.802. The fraction of sp³-hybridized carbons (Fsp3) is 0.909. The predicted molar refractivity (Wildman–Crippen MR) is 68.9 cm³/mol. The van der Waals surface area contributed by atoms with Gasteiger partial charge < -0.3 is 15.8 Å².